The minimum absolute atomic E-state index is 0. The summed E-state index contributed by atoms with van der Waals surface area (Å²) in [5.41, 5.74) is 13.9. The van der Waals surface area contributed by atoms with E-state index >= 15 is 0 Å². The summed E-state index contributed by atoms with van der Waals surface area (Å²) in [5, 5.41) is 9.42. The number of unbranched alkanes of at least 4 members (excludes halogenated alkanes) is 2. The number of nitrogens with one attached hydrogen (secondary N) is 3. The van der Waals surface area contributed by atoms with Crippen molar-refractivity contribution in [1.29, 1.82) is 0 Å². The van der Waals surface area contributed by atoms with E-state index in [1.807, 2.05) is 36.4 Å². The molecule has 0 aliphatic heterocycles. The van der Waals surface area contributed by atoms with Crippen LogP contribution in [0.5, 0.6) is 17.2 Å². The maximum Gasteiger partial charge on any atom is 0.407 e. The molecule has 0 aliphatic rings. The summed E-state index contributed by atoms with van der Waals surface area (Å²) in [7, 11) is 2.56. The minimum Gasteiger partial charge on any atom is -0.467 e. The number of para-hydroxylation sites is 3. The normalized spacial score (nSPS) is 11.8. The summed E-state index contributed by atoms with van der Waals surface area (Å²) < 4.78 is 58.5. The molecule has 2 atom stereocenters. The molecule has 0 aliphatic carbocycles. The van der Waals surface area contributed by atoms with Crippen molar-refractivity contribution in [3.05, 3.63) is 89.5 Å². The fraction of sp³-hybridized carbons (Fsp3) is 0.644. The lowest BCUT2D eigenvalue weighted by Crippen LogP contribution is -2.30. The first kappa shape index (κ1) is 75.3. The number of nitrogens with two attached hydrogens (primary N) is 2. The van der Waals surface area contributed by atoms with Crippen LogP contribution < -0.4 is 41.6 Å². The summed E-state index contributed by atoms with van der Waals surface area (Å²) in [6, 6.07) is 25.5. The molecule has 0 fully saturated rings. The Balaban J connectivity index is 0.00000149. The number of carbonyl (C=O) groups is 3. The number of rotatable bonds is 43. The molecule has 7 N–H and O–H groups in total. The lowest BCUT2D eigenvalue weighted by molar-refractivity contribution is -0.00902. The fourth-order valence-electron chi connectivity index (χ4n) is 6.96. The molecule has 0 aromatic heterocycles. The molecule has 0 bridgehead atoms. The number of hydrogen-bond acceptors (Lipinski definition) is 17. The lowest BCUT2D eigenvalue weighted by atomic mass is 10.00. The van der Waals surface area contributed by atoms with Crippen LogP contribution in [0, 0.1) is 0 Å². The third-order valence-electron chi connectivity index (χ3n) is 11.8. The third kappa shape index (κ3) is 43.1. The molecule has 3 aromatic rings. The van der Waals surface area contributed by atoms with Crippen LogP contribution >= 0.6 is 0 Å². The summed E-state index contributed by atoms with van der Waals surface area (Å²) >= 11 is 0. The number of benzene rings is 3. The van der Waals surface area contributed by atoms with Crippen molar-refractivity contribution in [2.75, 3.05) is 114 Å². The lowest BCUT2D eigenvalue weighted by Gasteiger charge is -2.21. The van der Waals surface area contributed by atoms with Gasteiger partial charge >= 0.3 is 12.2 Å². The average Bonchev–Trinajstić information content (AvgIpc) is 3.42. The predicted octanol–water partition coefficient (Wildman–Crippen LogP) is 10.0. The van der Waals surface area contributed by atoms with Crippen molar-refractivity contribution < 1.29 is 66.5 Å². The van der Waals surface area contributed by atoms with Gasteiger partial charge in [0.1, 0.15) is 17.2 Å². The minimum atomic E-state index is -1.22. The second kappa shape index (κ2) is 49.0. The molecule has 80 heavy (non-hydrogen) atoms. The van der Waals surface area contributed by atoms with Crippen LogP contribution in [0.2, 0.25) is 51.4 Å². The first-order chi connectivity index (χ1) is 38.0. The highest BCUT2D eigenvalue weighted by Crippen LogP contribution is 2.23. The molecule has 3 rings (SSSR count). The van der Waals surface area contributed by atoms with E-state index in [1.165, 1.54) is 5.56 Å². The summed E-state index contributed by atoms with van der Waals surface area (Å²) in [6.07, 6.45) is 8.67. The Kier molecular flexibility index (Phi) is 46.1. The SMILES string of the molecule is C.COCCOCOc1ccccc1C=O.COCCOCOc1ccccc1CCC[C@H](CCCCNC(=O)OCC[Si](C)(C)C)NCc1ccccc1OCOCCOC.C[Si](C)(C)CCOC(=O)NCCCC[C@H](N)CN. The van der Waals surface area contributed by atoms with Gasteiger partial charge in [-0.2, -0.15) is 0 Å². The zero-order valence-electron chi connectivity index (χ0n) is 49.4. The van der Waals surface area contributed by atoms with Crippen molar-refractivity contribution in [1.82, 2.24) is 16.0 Å². The number of hydrogen-bond donors (Lipinski definition) is 5. The molecule has 0 saturated heterocycles. The number of alkyl carbamates (subject to hydrolysis) is 2. The molecule has 3 aromatic carbocycles. The Morgan fingerprint density at radius 2 is 0.975 bits per heavy atom. The van der Waals surface area contributed by atoms with Gasteiger partial charge in [0.25, 0.3) is 0 Å². The highest BCUT2D eigenvalue weighted by atomic mass is 28.3. The van der Waals surface area contributed by atoms with Crippen LogP contribution in [0.3, 0.4) is 0 Å². The van der Waals surface area contributed by atoms with Gasteiger partial charge in [-0.1, -0.05) is 108 Å². The Hall–Kier alpha value is -4.66. The molecule has 21 heteroatoms. The van der Waals surface area contributed by atoms with Crippen LogP contribution in [0.1, 0.15) is 80.3 Å². The van der Waals surface area contributed by atoms with Gasteiger partial charge in [0.15, 0.2) is 26.7 Å². The molecular formula is C59H105N5O14Si2. The number of amides is 2. The number of methoxy groups -OCH3 is 3. The van der Waals surface area contributed by atoms with E-state index in [1.54, 1.807) is 45.6 Å². The Morgan fingerprint density at radius 3 is 1.45 bits per heavy atom. The van der Waals surface area contributed by atoms with Crippen LogP contribution in [0.15, 0.2) is 72.8 Å². The van der Waals surface area contributed by atoms with Crippen LogP contribution in [-0.2, 0) is 50.9 Å². The number of aryl methyl sites for hydroxylation is 1. The first-order valence-electron chi connectivity index (χ1n) is 27.8. The largest absolute Gasteiger partial charge is 0.467 e. The molecule has 0 saturated carbocycles. The summed E-state index contributed by atoms with van der Waals surface area (Å²) in [4.78, 5) is 34.0. The van der Waals surface area contributed by atoms with Gasteiger partial charge in [-0.05, 0) is 86.9 Å². The highest BCUT2D eigenvalue weighted by molar-refractivity contribution is 6.76. The van der Waals surface area contributed by atoms with Crippen LogP contribution in [0.4, 0.5) is 9.59 Å². The third-order valence-corrected chi connectivity index (χ3v) is 15.2. The first-order valence-corrected chi connectivity index (χ1v) is 35.3. The van der Waals surface area contributed by atoms with E-state index in [0.717, 1.165) is 93.2 Å². The van der Waals surface area contributed by atoms with Gasteiger partial charge in [-0.3, -0.25) is 4.79 Å². The number of ether oxygens (including phenoxy) is 11. The molecule has 2 amide bonds. The molecule has 0 radical (unpaired) electrons. The monoisotopic (exact) mass is 1160 g/mol. The van der Waals surface area contributed by atoms with E-state index in [4.69, 9.17) is 63.6 Å². The topological polar surface area (TPSA) is 241 Å². The van der Waals surface area contributed by atoms with Crippen molar-refractivity contribution in [3.8, 4) is 17.2 Å². The van der Waals surface area contributed by atoms with E-state index in [9.17, 15) is 14.4 Å². The zero-order chi connectivity index (χ0) is 58.3. The maximum absolute atomic E-state index is 12.1. The Morgan fingerprint density at radius 1 is 0.550 bits per heavy atom. The van der Waals surface area contributed by atoms with Gasteiger partial charge in [-0.15, -0.1) is 0 Å². The summed E-state index contributed by atoms with van der Waals surface area (Å²) in [5.74, 6) is 2.19. The van der Waals surface area contributed by atoms with E-state index in [2.05, 4.69) is 67.4 Å². The van der Waals surface area contributed by atoms with Gasteiger partial charge < -0.3 is 79.5 Å². The van der Waals surface area contributed by atoms with E-state index in [0.29, 0.717) is 96.4 Å². The van der Waals surface area contributed by atoms with Crippen molar-refractivity contribution in [2.45, 2.75) is 135 Å². The van der Waals surface area contributed by atoms with Crippen LogP contribution in [0.25, 0.3) is 0 Å². The number of aldehydes is 1. The fourth-order valence-corrected chi connectivity index (χ4v) is 8.39. The standard InChI is InChI=1S/C35H58N2O8Si.C12H29N3O2Si.C11H14O4.CH4/c1-39-21-23-41-28-44-33-18-8-6-13-30(33)15-12-17-32(16-10-11-20-36-35(38)43-25-26-46(3,4)5)37-27-31-14-7-9-19-34(31)45-29-42-24-22-40-2;1-18(2,3)9-8-17-12(16)15-7-5-4-6-11(14)10-13;1-13-6-7-14-9-15-11-5-3-2-4-10(11)8-12;/h6-9,13-14,18-19,32,37H,10-12,15-17,20-29H2,1-5H3,(H,36,38);11H,4-10,13-14H2,1-3H3,(H,15,16);2-5,8H,6-7,9H2,1H3;1H4/t32-;11-;;/m00../s1. The Bertz CT molecular complexity index is 1980. The molecule has 0 heterocycles. The second-order valence-electron chi connectivity index (χ2n) is 21.1. The maximum atomic E-state index is 12.1. The average molecular weight is 1160 g/mol. The molecule has 0 unspecified atom stereocenters. The van der Waals surface area contributed by atoms with E-state index < -0.39 is 16.1 Å². The molecule has 0 spiro atoms. The van der Waals surface area contributed by atoms with Gasteiger partial charge in [0.05, 0.1) is 58.4 Å². The molecule has 458 valence electrons. The van der Waals surface area contributed by atoms with Crippen molar-refractivity contribution >= 4 is 34.6 Å². The van der Waals surface area contributed by atoms with Gasteiger partial charge in [-0.25, -0.2) is 9.59 Å². The predicted molar refractivity (Wildman–Crippen MR) is 325 cm³/mol. The molecular weight excluding hydrogens is 1060 g/mol. The van der Waals surface area contributed by atoms with Crippen molar-refractivity contribution in [2.24, 2.45) is 11.5 Å². The van der Waals surface area contributed by atoms with Crippen molar-refractivity contribution in [3.63, 3.8) is 0 Å². The number of carbonyl (C=O) groups excluding carboxylic acids is 3. The van der Waals surface area contributed by atoms with Gasteiger partial charge in [0, 0.05) is 81.3 Å². The summed E-state index contributed by atoms with van der Waals surface area (Å²) in [6.45, 7) is 20.6. The molecule has 19 nitrogen and oxygen atoms in total. The zero-order valence-corrected chi connectivity index (χ0v) is 51.4. The van der Waals surface area contributed by atoms with E-state index in [-0.39, 0.29) is 46.0 Å². The van der Waals surface area contributed by atoms with Crippen LogP contribution in [-0.4, -0.2) is 161 Å². The highest BCUT2D eigenvalue weighted by Gasteiger charge is 2.16. The quantitative estimate of drug-likeness (QED) is 0.0153. The Labute approximate surface area is 482 Å². The second-order valence-corrected chi connectivity index (χ2v) is 32.3. The smallest absolute Gasteiger partial charge is 0.407 e. The van der Waals surface area contributed by atoms with Gasteiger partial charge in [0.2, 0.25) is 0 Å².